The minimum absolute atomic E-state index is 0.725. The van der Waals surface area contributed by atoms with Crippen molar-refractivity contribution in [2.75, 3.05) is 0 Å². The van der Waals surface area contributed by atoms with E-state index in [1.54, 1.807) is 0 Å². The van der Waals surface area contributed by atoms with Crippen LogP contribution in [0.25, 0.3) is 0 Å². The molecule has 0 saturated carbocycles. The van der Waals surface area contributed by atoms with Gasteiger partial charge in [-0.25, -0.2) is 0 Å². The molecule has 2 nitrogen and oxygen atoms in total. The molecular formula is C9H10N2. The first-order valence-electron chi connectivity index (χ1n) is 3.57. The summed E-state index contributed by atoms with van der Waals surface area (Å²) in [6, 6.07) is 0. The predicted molar refractivity (Wildman–Crippen MR) is 45.3 cm³/mol. The van der Waals surface area contributed by atoms with Gasteiger partial charge in [-0.15, -0.1) is 0 Å². The average Bonchev–Trinajstić information content (AvgIpc) is 2.53. The Bertz CT molecular complexity index is 341. The summed E-state index contributed by atoms with van der Waals surface area (Å²) in [7, 11) is 0. The zero-order valence-corrected chi connectivity index (χ0v) is 6.39. The van der Waals surface area contributed by atoms with Crippen LogP contribution in [-0.2, 0) is 0 Å². The normalized spacial score (nSPS) is 21.4. The maximum absolute atomic E-state index is 5.76. The molecule has 2 aliphatic rings. The van der Waals surface area contributed by atoms with E-state index in [0.717, 1.165) is 22.5 Å². The van der Waals surface area contributed by atoms with Crippen LogP contribution in [0, 0.1) is 0 Å². The van der Waals surface area contributed by atoms with Gasteiger partial charge in [-0.2, -0.15) is 0 Å². The summed E-state index contributed by atoms with van der Waals surface area (Å²) in [5, 5.41) is 0. The maximum atomic E-state index is 5.76. The van der Waals surface area contributed by atoms with Gasteiger partial charge in [-0.1, -0.05) is 18.2 Å². The van der Waals surface area contributed by atoms with Gasteiger partial charge in [0.05, 0.1) is 11.4 Å². The van der Waals surface area contributed by atoms with Crippen LogP contribution in [-0.4, -0.2) is 0 Å². The molecule has 0 aromatic carbocycles. The third kappa shape index (κ3) is 0.611. The molecule has 4 N–H and O–H groups in total. The van der Waals surface area contributed by atoms with Crippen LogP contribution in [0.1, 0.15) is 6.92 Å². The molecular weight excluding hydrogens is 136 g/mol. The average molecular weight is 146 g/mol. The summed E-state index contributed by atoms with van der Waals surface area (Å²) < 4.78 is 0. The van der Waals surface area contributed by atoms with Gasteiger partial charge >= 0.3 is 0 Å². The fourth-order valence-electron chi connectivity index (χ4n) is 1.47. The van der Waals surface area contributed by atoms with Gasteiger partial charge in [0.25, 0.3) is 0 Å². The zero-order chi connectivity index (χ0) is 8.01. The van der Waals surface area contributed by atoms with Gasteiger partial charge in [0.1, 0.15) is 0 Å². The van der Waals surface area contributed by atoms with E-state index >= 15 is 0 Å². The van der Waals surface area contributed by atoms with E-state index in [9.17, 15) is 0 Å². The Morgan fingerprint density at radius 2 is 1.91 bits per heavy atom. The minimum atomic E-state index is 0.725. The Morgan fingerprint density at radius 1 is 1.18 bits per heavy atom. The SMILES string of the molecule is CC1=C(N)C(N)=C2C=CC=C12. The Morgan fingerprint density at radius 3 is 2.55 bits per heavy atom. The minimum Gasteiger partial charge on any atom is -0.397 e. The first-order valence-corrected chi connectivity index (χ1v) is 3.57. The molecule has 56 valence electrons. The van der Waals surface area contributed by atoms with Crippen LogP contribution in [0.15, 0.2) is 46.3 Å². The second-order valence-electron chi connectivity index (χ2n) is 2.81. The van der Waals surface area contributed by atoms with Crippen molar-refractivity contribution in [3.63, 3.8) is 0 Å². The number of hydrogen-bond acceptors (Lipinski definition) is 2. The maximum Gasteiger partial charge on any atom is 0.0630 e. The standard InChI is InChI=1S/C9H10N2/c1-5-6-3-2-4-7(6)9(11)8(5)10/h2-4H,10-11H2,1H3. The molecule has 0 spiro atoms. The molecule has 0 aliphatic heterocycles. The van der Waals surface area contributed by atoms with Gasteiger partial charge in [0.15, 0.2) is 0 Å². The topological polar surface area (TPSA) is 52.0 Å². The fraction of sp³-hybridized carbons (Fsp3) is 0.111. The largest absolute Gasteiger partial charge is 0.397 e. The van der Waals surface area contributed by atoms with Crippen LogP contribution < -0.4 is 11.5 Å². The summed E-state index contributed by atoms with van der Waals surface area (Å²) >= 11 is 0. The highest BCUT2D eigenvalue weighted by Crippen LogP contribution is 2.35. The third-order valence-electron chi connectivity index (χ3n) is 2.20. The second-order valence-corrected chi connectivity index (χ2v) is 2.81. The Hall–Kier alpha value is -1.44. The van der Waals surface area contributed by atoms with Gasteiger partial charge in [-0.3, -0.25) is 0 Å². The molecule has 11 heavy (non-hydrogen) atoms. The Kier molecular flexibility index (Phi) is 1.02. The summed E-state index contributed by atoms with van der Waals surface area (Å²) in [4.78, 5) is 0. The van der Waals surface area contributed by atoms with Crippen LogP contribution in [0.2, 0.25) is 0 Å². The quantitative estimate of drug-likeness (QED) is 0.534. The summed E-state index contributed by atoms with van der Waals surface area (Å²) in [6.45, 7) is 1.99. The van der Waals surface area contributed by atoms with Crippen molar-refractivity contribution in [1.82, 2.24) is 0 Å². The van der Waals surface area contributed by atoms with Gasteiger partial charge in [0, 0.05) is 5.57 Å². The molecule has 0 bridgehead atoms. The molecule has 0 saturated heterocycles. The van der Waals surface area contributed by atoms with E-state index in [0.29, 0.717) is 0 Å². The second kappa shape index (κ2) is 1.78. The zero-order valence-electron chi connectivity index (χ0n) is 6.39. The molecule has 2 heteroatoms. The van der Waals surface area contributed by atoms with Crippen molar-refractivity contribution in [2.45, 2.75) is 6.92 Å². The molecule has 0 radical (unpaired) electrons. The van der Waals surface area contributed by atoms with Gasteiger partial charge in [0.2, 0.25) is 0 Å². The van der Waals surface area contributed by atoms with Crippen molar-refractivity contribution < 1.29 is 0 Å². The third-order valence-corrected chi connectivity index (χ3v) is 2.20. The molecule has 0 fully saturated rings. The monoisotopic (exact) mass is 146 g/mol. The lowest BCUT2D eigenvalue weighted by Crippen LogP contribution is -2.08. The van der Waals surface area contributed by atoms with E-state index in [-0.39, 0.29) is 0 Å². The lowest BCUT2D eigenvalue weighted by molar-refractivity contribution is 1.23. The Balaban J connectivity index is 2.65. The molecule has 0 unspecified atom stereocenters. The summed E-state index contributed by atoms with van der Waals surface area (Å²) in [5.74, 6) is 0. The lowest BCUT2D eigenvalue weighted by Gasteiger charge is -1.95. The van der Waals surface area contributed by atoms with Crippen molar-refractivity contribution in [3.8, 4) is 0 Å². The van der Waals surface area contributed by atoms with Crippen molar-refractivity contribution in [3.05, 3.63) is 46.3 Å². The van der Waals surface area contributed by atoms with Gasteiger partial charge in [-0.05, 0) is 18.1 Å². The molecule has 0 aromatic heterocycles. The van der Waals surface area contributed by atoms with Crippen molar-refractivity contribution >= 4 is 0 Å². The van der Waals surface area contributed by atoms with E-state index in [2.05, 4.69) is 0 Å². The predicted octanol–water partition coefficient (Wildman–Crippen LogP) is 0.942. The number of allylic oxidation sites excluding steroid dienone is 6. The highest BCUT2D eigenvalue weighted by atomic mass is 14.7. The molecule has 0 aromatic rings. The summed E-state index contributed by atoms with van der Waals surface area (Å²) in [6.07, 6.45) is 6.03. The lowest BCUT2D eigenvalue weighted by atomic mass is 10.1. The van der Waals surface area contributed by atoms with Crippen molar-refractivity contribution in [1.29, 1.82) is 0 Å². The van der Waals surface area contributed by atoms with E-state index in [1.165, 1.54) is 5.57 Å². The van der Waals surface area contributed by atoms with E-state index < -0.39 is 0 Å². The number of rotatable bonds is 0. The van der Waals surface area contributed by atoms with Crippen LogP contribution in [0.4, 0.5) is 0 Å². The Labute approximate surface area is 65.6 Å². The first-order chi connectivity index (χ1) is 5.22. The highest BCUT2D eigenvalue weighted by Gasteiger charge is 2.22. The molecule has 2 aliphatic carbocycles. The number of hydrogen-bond donors (Lipinski definition) is 2. The van der Waals surface area contributed by atoms with Crippen molar-refractivity contribution in [2.24, 2.45) is 11.5 Å². The molecule has 0 atom stereocenters. The highest BCUT2D eigenvalue weighted by molar-refractivity contribution is 5.68. The number of nitrogens with two attached hydrogens (primary N) is 2. The molecule has 2 rings (SSSR count). The van der Waals surface area contributed by atoms with E-state index in [1.807, 2.05) is 25.2 Å². The van der Waals surface area contributed by atoms with Crippen LogP contribution in [0.3, 0.4) is 0 Å². The van der Waals surface area contributed by atoms with E-state index in [4.69, 9.17) is 11.5 Å². The molecule has 0 amide bonds. The smallest absolute Gasteiger partial charge is 0.0630 e. The van der Waals surface area contributed by atoms with Crippen LogP contribution >= 0.6 is 0 Å². The fourth-order valence-corrected chi connectivity index (χ4v) is 1.47. The summed E-state index contributed by atoms with van der Waals surface area (Å²) in [5.41, 5.74) is 16.3. The molecule has 0 heterocycles. The van der Waals surface area contributed by atoms with Crippen LogP contribution in [0.5, 0.6) is 0 Å². The first kappa shape index (κ1) is 6.28. The number of fused-ring (bicyclic) bond motifs is 1. The van der Waals surface area contributed by atoms with Gasteiger partial charge < -0.3 is 11.5 Å².